The molecule has 0 atom stereocenters. The van der Waals surface area contributed by atoms with Crippen molar-refractivity contribution < 1.29 is 4.92 Å². The molecule has 0 unspecified atom stereocenters. The van der Waals surface area contributed by atoms with Crippen LogP contribution in [0.2, 0.25) is 0 Å². The largest absolute Gasteiger partial charge is 0.372 e. The Labute approximate surface area is 116 Å². The molecule has 1 aromatic carbocycles. The van der Waals surface area contributed by atoms with Crippen LogP contribution in [0.25, 0.3) is 0 Å². The number of anilines is 1. The fourth-order valence-corrected chi connectivity index (χ4v) is 2.57. The molecule has 0 N–H and O–H groups in total. The number of rotatable bonds is 6. The Kier molecular flexibility index (Phi) is 5.59. The van der Waals surface area contributed by atoms with Crippen LogP contribution in [0, 0.1) is 10.1 Å². The van der Waals surface area contributed by atoms with Gasteiger partial charge in [-0.25, -0.2) is 0 Å². The summed E-state index contributed by atoms with van der Waals surface area (Å²) in [6, 6.07) is 5.77. The maximum atomic E-state index is 10.9. The van der Waals surface area contributed by atoms with Crippen LogP contribution in [0.3, 0.4) is 0 Å². The Morgan fingerprint density at radius 2 is 2.00 bits per heavy atom. The van der Waals surface area contributed by atoms with Crippen molar-refractivity contribution in [2.24, 2.45) is 0 Å². The first-order valence-corrected chi connectivity index (χ1v) is 7.23. The second-order valence-electron chi connectivity index (χ2n) is 4.28. The SMILES string of the molecule is CCC(CC)N(C)c1ccc([N+](=O)[O-])c(CBr)c1. The molecular formula is C13H19BrN2O2. The number of nitro benzene ring substituents is 1. The molecule has 18 heavy (non-hydrogen) atoms. The van der Waals surface area contributed by atoms with Crippen molar-refractivity contribution in [3.63, 3.8) is 0 Å². The smallest absolute Gasteiger partial charge is 0.273 e. The summed E-state index contributed by atoms with van der Waals surface area (Å²) in [5, 5.41) is 11.4. The van der Waals surface area contributed by atoms with E-state index in [9.17, 15) is 10.1 Å². The van der Waals surface area contributed by atoms with Crippen molar-refractivity contribution in [1.29, 1.82) is 0 Å². The minimum Gasteiger partial charge on any atom is -0.372 e. The van der Waals surface area contributed by atoms with Crippen molar-refractivity contribution in [3.05, 3.63) is 33.9 Å². The molecule has 0 saturated carbocycles. The molecule has 0 amide bonds. The van der Waals surface area contributed by atoms with Crippen molar-refractivity contribution in [2.45, 2.75) is 38.1 Å². The standard InChI is InChI=1S/C13H19BrN2O2/c1-4-11(5-2)15(3)12-6-7-13(16(17)18)10(8-12)9-14/h6-8,11H,4-5,9H2,1-3H3. The molecule has 0 heterocycles. The summed E-state index contributed by atoms with van der Waals surface area (Å²) in [5.74, 6) is 0. The van der Waals surface area contributed by atoms with Crippen LogP contribution >= 0.6 is 15.9 Å². The lowest BCUT2D eigenvalue weighted by Gasteiger charge is -2.28. The lowest BCUT2D eigenvalue weighted by Crippen LogP contribution is -2.30. The maximum absolute atomic E-state index is 10.9. The highest BCUT2D eigenvalue weighted by Crippen LogP contribution is 2.28. The van der Waals surface area contributed by atoms with Gasteiger partial charge < -0.3 is 4.90 Å². The van der Waals surface area contributed by atoms with Gasteiger partial charge in [-0.3, -0.25) is 10.1 Å². The number of nitrogens with zero attached hydrogens (tertiary/aromatic N) is 2. The summed E-state index contributed by atoms with van der Waals surface area (Å²) in [5.41, 5.74) is 1.92. The molecule has 1 rings (SSSR count). The van der Waals surface area contributed by atoms with Gasteiger partial charge in [0, 0.05) is 35.7 Å². The molecule has 0 aromatic heterocycles. The monoisotopic (exact) mass is 314 g/mol. The summed E-state index contributed by atoms with van der Waals surface area (Å²) < 4.78 is 0. The Morgan fingerprint density at radius 3 is 2.44 bits per heavy atom. The highest BCUT2D eigenvalue weighted by atomic mass is 79.9. The number of nitro groups is 1. The Bertz CT molecular complexity index is 419. The number of halogens is 1. The fraction of sp³-hybridized carbons (Fsp3) is 0.538. The molecule has 4 nitrogen and oxygen atoms in total. The van der Waals surface area contributed by atoms with Gasteiger partial charge in [0.25, 0.3) is 5.69 Å². The quantitative estimate of drug-likeness (QED) is 0.451. The maximum Gasteiger partial charge on any atom is 0.273 e. The summed E-state index contributed by atoms with van der Waals surface area (Å²) >= 11 is 3.31. The average Bonchev–Trinajstić information content (AvgIpc) is 2.39. The molecule has 100 valence electrons. The lowest BCUT2D eigenvalue weighted by molar-refractivity contribution is -0.385. The third-order valence-corrected chi connectivity index (χ3v) is 3.91. The molecule has 0 aliphatic heterocycles. The summed E-state index contributed by atoms with van der Waals surface area (Å²) in [6.07, 6.45) is 2.13. The van der Waals surface area contributed by atoms with Gasteiger partial charge >= 0.3 is 0 Å². The van der Waals surface area contributed by atoms with E-state index in [-0.39, 0.29) is 10.6 Å². The van der Waals surface area contributed by atoms with E-state index in [2.05, 4.69) is 34.7 Å². The zero-order chi connectivity index (χ0) is 13.7. The average molecular weight is 315 g/mol. The van der Waals surface area contributed by atoms with E-state index >= 15 is 0 Å². The van der Waals surface area contributed by atoms with Crippen LogP contribution in [-0.4, -0.2) is 18.0 Å². The van der Waals surface area contributed by atoms with Crippen molar-refractivity contribution in [3.8, 4) is 0 Å². The molecule has 5 heteroatoms. The van der Waals surface area contributed by atoms with Gasteiger partial charge in [0.1, 0.15) is 0 Å². The van der Waals surface area contributed by atoms with Crippen LogP contribution in [0.5, 0.6) is 0 Å². The zero-order valence-corrected chi connectivity index (χ0v) is 12.6. The van der Waals surface area contributed by atoms with E-state index in [0.717, 1.165) is 24.1 Å². The van der Waals surface area contributed by atoms with Crippen LogP contribution in [0.1, 0.15) is 32.3 Å². The number of alkyl halides is 1. The van der Waals surface area contributed by atoms with Crippen molar-refractivity contribution >= 4 is 27.3 Å². The highest BCUT2D eigenvalue weighted by Gasteiger charge is 2.17. The molecule has 0 spiro atoms. The van der Waals surface area contributed by atoms with Crippen LogP contribution in [-0.2, 0) is 5.33 Å². The third-order valence-electron chi connectivity index (χ3n) is 3.30. The van der Waals surface area contributed by atoms with Gasteiger partial charge in [-0.2, -0.15) is 0 Å². The first-order chi connectivity index (χ1) is 8.54. The lowest BCUT2D eigenvalue weighted by atomic mass is 10.1. The Balaban J connectivity index is 3.08. The number of benzene rings is 1. The first-order valence-electron chi connectivity index (χ1n) is 6.11. The second kappa shape index (κ2) is 6.73. The predicted molar refractivity (Wildman–Crippen MR) is 78.5 cm³/mol. The van der Waals surface area contributed by atoms with E-state index < -0.39 is 0 Å². The Hall–Kier alpha value is -1.10. The molecular weight excluding hydrogens is 296 g/mol. The minimum atomic E-state index is -0.336. The third kappa shape index (κ3) is 3.22. The molecule has 0 aliphatic rings. The summed E-state index contributed by atoms with van der Waals surface area (Å²) in [6.45, 7) is 4.31. The zero-order valence-electron chi connectivity index (χ0n) is 11.0. The second-order valence-corrected chi connectivity index (χ2v) is 4.85. The molecule has 0 bridgehead atoms. The topological polar surface area (TPSA) is 46.4 Å². The van der Waals surface area contributed by atoms with E-state index in [1.54, 1.807) is 6.07 Å². The molecule has 0 aliphatic carbocycles. The molecule has 1 aromatic rings. The van der Waals surface area contributed by atoms with Gasteiger partial charge in [-0.05, 0) is 25.0 Å². The highest BCUT2D eigenvalue weighted by molar-refractivity contribution is 9.08. The van der Waals surface area contributed by atoms with E-state index in [4.69, 9.17) is 0 Å². The van der Waals surface area contributed by atoms with E-state index in [1.807, 2.05) is 19.2 Å². The number of hydrogen-bond donors (Lipinski definition) is 0. The van der Waals surface area contributed by atoms with Crippen LogP contribution < -0.4 is 4.90 Å². The van der Waals surface area contributed by atoms with Gasteiger partial charge in [-0.1, -0.05) is 29.8 Å². The van der Waals surface area contributed by atoms with E-state index in [1.165, 1.54) is 0 Å². The van der Waals surface area contributed by atoms with Gasteiger partial charge in [0.15, 0.2) is 0 Å². The van der Waals surface area contributed by atoms with Gasteiger partial charge in [0.05, 0.1) is 4.92 Å². The predicted octanol–water partition coefficient (Wildman–Crippen LogP) is 4.11. The Morgan fingerprint density at radius 1 is 1.39 bits per heavy atom. The van der Waals surface area contributed by atoms with E-state index in [0.29, 0.717) is 11.4 Å². The van der Waals surface area contributed by atoms with Crippen LogP contribution in [0.4, 0.5) is 11.4 Å². The van der Waals surface area contributed by atoms with Crippen molar-refractivity contribution in [2.75, 3.05) is 11.9 Å². The molecule has 0 radical (unpaired) electrons. The van der Waals surface area contributed by atoms with Gasteiger partial charge in [-0.15, -0.1) is 0 Å². The summed E-state index contributed by atoms with van der Waals surface area (Å²) in [7, 11) is 2.04. The molecule has 0 saturated heterocycles. The number of hydrogen-bond acceptors (Lipinski definition) is 3. The minimum absolute atomic E-state index is 0.175. The summed E-state index contributed by atoms with van der Waals surface area (Å²) in [4.78, 5) is 12.7. The normalized spacial score (nSPS) is 10.7. The van der Waals surface area contributed by atoms with Crippen molar-refractivity contribution in [1.82, 2.24) is 0 Å². The molecule has 0 fully saturated rings. The first kappa shape index (κ1) is 15.0. The van der Waals surface area contributed by atoms with Gasteiger partial charge in [0.2, 0.25) is 0 Å². The van der Waals surface area contributed by atoms with Crippen LogP contribution in [0.15, 0.2) is 18.2 Å². The fourth-order valence-electron chi connectivity index (χ4n) is 2.12.